The van der Waals surface area contributed by atoms with Crippen molar-refractivity contribution < 1.29 is 9.53 Å². The summed E-state index contributed by atoms with van der Waals surface area (Å²) >= 11 is 1.95. The van der Waals surface area contributed by atoms with E-state index in [1.54, 1.807) is 6.92 Å². The summed E-state index contributed by atoms with van der Waals surface area (Å²) in [7, 11) is 0. The number of ether oxygens (including phenoxy) is 1. The molecular weight excluding hydrogens is 317 g/mol. The molecule has 0 aliphatic heterocycles. The van der Waals surface area contributed by atoms with E-state index in [0.29, 0.717) is 13.2 Å². The molecular formula is C12H12INO2. The van der Waals surface area contributed by atoms with Crippen LogP contribution < -0.4 is 4.90 Å². The summed E-state index contributed by atoms with van der Waals surface area (Å²) in [5.74, 6) is 2.85. The fraction of sp³-hybridized carbons (Fsp3) is 0.250. The molecule has 0 spiro atoms. The van der Waals surface area contributed by atoms with Crippen LogP contribution in [0.5, 0.6) is 0 Å². The van der Waals surface area contributed by atoms with Crippen LogP contribution in [0.2, 0.25) is 0 Å². The van der Waals surface area contributed by atoms with E-state index < -0.39 is 0 Å². The number of hydrogen-bond acceptors (Lipinski definition) is 2. The lowest BCUT2D eigenvalue weighted by atomic mass is 10.3. The molecule has 84 valence electrons. The molecule has 0 heterocycles. The van der Waals surface area contributed by atoms with E-state index in [4.69, 9.17) is 4.74 Å². The Hall–Kier alpha value is -1.22. The zero-order valence-corrected chi connectivity index (χ0v) is 11.1. The maximum Gasteiger partial charge on any atom is 0.415 e. The summed E-state index contributed by atoms with van der Waals surface area (Å²) in [6, 6.07) is 9.35. The van der Waals surface area contributed by atoms with Crippen molar-refractivity contribution in [3.05, 3.63) is 30.3 Å². The average molecular weight is 329 g/mol. The third-order valence-corrected chi connectivity index (χ3v) is 2.24. The van der Waals surface area contributed by atoms with Crippen LogP contribution in [0.4, 0.5) is 10.5 Å². The molecule has 0 atom stereocenters. The number of para-hydroxylation sites is 1. The monoisotopic (exact) mass is 329 g/mol. The Morgan fingerprint density at radius 3 is 2.69 bits per heavy atom. The van der Waals surface area contributed by atoms with Gasteiger partial charge in [-0.05, 0) is 23.0 Å². The third kappa shape index (κ3) is 3.74. The van der Waals surface area contributed by atoms with Gasteiger partial charge in [0, 0.05) is 28.3 Å². The number of amides is 1. The largest absolute Gasteiger partial charge is 0.449 e. The summed E-state index contributed by atoms with van der Waals surface area (Å²) in [5, 5.41) is 0. The van der Waals surface area contributed by atoms with Crippen LogP contribution in [0.15, 0.2) is 30.3 Å². The van der Waals surface area contributed by atoms with E-state index >= 15 is 0 Å². The summed E-state index contributed by atoms with van der Waals surface area (Å²) in [6.07, 6.45) is -0.368. The Bertz CT molecular complexity index is 394. The number of benzene rings is 1. The Balaban J connectivity index is 2.85. The minimum Gasteiger partial charge on any atom is -0.449 e. The summed E-state index contributed by atoms with van der Waals surface area (Å²) < 4.78 is 7.71. The first kappa shape index (κ1) is 12.8. The molecule has 0 N–H and O–H groups in total. The molecule has 0 saturated heterocycles. The molecule has 0 fully saturated rings. The fourth-order valence-corrected chi connectivity index (χ4v) is 1.35. The molecule has 1 aromatic rings. The van der Waals surface area contributed by atoms with Gasteiger partial charge in [0.25, 0.3) is 0 Å². The molecule has 0 aliphatic carbocycles. The molecule has 0 unspecified atom stereocenters. The minimum absolute atomic E-state index is 0.339. The highest BCUT2D eigenvalue weighted by molar-refractivity contribution is 14.1. The quantitative estimate of drug-likeness (QED) is 0.630. The second kappa shape index (κ2) is 7.12. The highest BCUT2D eigenvalue weighted by Gasteiger charge is 2.14. The lowest BCUT2D eigenvalue weighted by Crippen LogP contribution is -2.31. The predicted octanol–water partition coefficient (Wildman–Crippen LogP) is 3.05. The van der Waals surface area contributed by atoms with Crippen molar-refractivity contribution >= 4 is 34.4 Å². The zero-order valence-electron chi connectivity index (χ0n) is 8.94. The lowest BCUT2D eigenvalue weighted by Gasteiger charge is -2.19. The van der Waals surface area contributed by atoms with Gasteiger partial charge in [-0.1, -0.05) is 24.1 Å². The summed E-state index contributed by atoms with van der Waals surface area (Å²) in [4.78, 5) is 13.2. The van der Waals surface area contributed by atoms with Crippen LogP contribution in [0.3, 0.4) is 0 Å². The van der Waals surface area contributed by atoms with Crippen molar-refractivity contribution in [3.63, 3.8) is 0 Å². The fourth-order valence-electron chi connectivity index (χ4n) is 1.18. The zero-order chi connectivity index (χ0) is 11.8. The van der Waals surface area contributed by atoms with E-state index in [0.717, 1.165) is 5.69 Å². The summed E-state index contributed by atoms with van der Waals surface area (Å²) in [5.41, 5.74) is 0.792. The van der Waals surface area contributed by atoms with E-state index in [1.807, 2.05) is 52.9 Å². The maximum absolute atomic E-state index is 11.7. The first-order valence-electron chi connectivity index (χ1n) is 4.87. The lowest BCUT2D eigenvalue weighted by molar-refractivity contribution is 0.160. The van der Waals surface area contributed by atoms with Crippen LogP contribution in [0.25, 0.3) is 0 Å². The number of nitrogens with zero attached hydrogens (tertiary/aromatic N) is 1. The normalized spacial score (nSPS) is 8.88. The first-order chi connectivity index (χ1) is 7.79. The molecule has 0 bridgehead atoms. The van der Waals surface area contributed by atoms with Gasteiger partial charge in [0.05, 0.1) is 13.2 Å². The van der Waals surface area contributed by atoms with E-state index in [2.05, 4.69) is 9.85 Å². The van der Waals surface area contributed by atoms with Crippen LogP contribution >= 0.6 is 22.6 Å². The smallest absolute Gasteiger partial charge is 0.415 e. The molecule has 0 radical (unpaired) electrons. The van der Waals surface area contributed by atoms with Crippen molar-refractivity contribution in [1.29, 1.82) is 0 Å². The molecule has 4 heteroatoms. The van der Waals surface area contributed by atoms with E-state index in [9.17, 15) is 4.79 Å². The third-order valence-electron chi connectivity index (χ3n) is 1.86. The van der Waals surface area contributed by atoms with Gasteiger partial charge in [-0.3, -0.25) is 4.90 Å². The molecule has 0 saturated carbocycles. The van der Waals surface area contributed by atoms with Gasteiger partial charge in [-0.2, -0.15) is 0 Å². The van der Waals surface area contributed by atoms with Gasteiger partial charge >= 0.3 is 6.09 Å². The number of carbonyl (C=O) groups is 1. The predicted molar refractivity (Wildman–Crippen MR) is 72.6 cm³/mol. The average Bonchev–Trinajstić information content (AvgIpc) is 2.31. The van der Waals surface area contributed by atoms with E-state index in [1.165, 1.54) is 4.90 Å². The van der Waals surface area contributed by atoms with Gasteiger partial charge in [-0.15, -0.1) is 0 Å². The molecule has 3 nitrogen and oxygen atoms in total. The molecule has 1 rings (SSSR count). The Kier molecular flexibility index (Phi) is 5.72. The molecule has 16 heavy (non-hydrogen) atoms. The summed E-state index contributed by atoms with van der Waals surface area (Å²) in [6.45, 7) is 2.48. The van der Waals surface area contributed by atoms with Gasteiger partial charge in [0.2, 0.25) is 0 Å². The van der Waals surface area contributed by atoms with Crippen molar-refractivity contribution in [2.75, 3.05) is 18.1 Å². The molecule has 1 aromatic carbocycles. The topological polar surface area (TPSA) is 29.5 Å². The number of halogens is 1. The van der Waals surface area contributed by atoms with Crippen molar-refractivity contribution in [3.8, 4) is 9.85 Å². The molecule has 1 amide bonds. The highest BCUT2D eigenvalue weighted by Crippen LogP contribution is 2.13. The van der Waals surface area contributed by atoms with Crippen molar-refractivity contribution in [1.82, 2.24) is 0 Å². The van der Waals surface area contributed by atoms with Gasteiger partial charge < -0.3 is 4.74 Å². The highest BCUT2D eigenvalue weighted by atomic mass is 127. The number of rotatable bonds is 3. The first-order valence-corrected chi connectivity index (χ1v) is 5.95. The Morgan fingerprint density at radius 2 is 2.12 bits per heavy atom. The second-order valence-corrected chi connectivity index (χ2v) is 3.43. The van der Waals surface area contributed by atoms with Crippen LogP contribution in [0, 0.1) is 9.85 Å². The van der Waals surface area contributed by atoms with Crippen LogP contribution in [-0.2, 0) is 4.74 Å². The van der Waals surface area contributed by atoms with Gasteiger partial charge in [0.1, 0.15) is 0 Å². The van der Waals surface area contributed by atoms with Crippen molar-refractivity contribution in [2.45, 2.75) is 6.92 Å². The van der Waals surface area contributed by atoms with Crippen LogP contribution in [-0.4, -0.2) is 19.2 Å². The van der Waals surface area contributed by atoms with Gasteiger partial charge in [-0.25, -0.2) is 4.79 Å². The second-order valence-electron chi connectivity index (χ2n) is 2.89. The minimum atomic E-state index is -0.368. The van der Waals surface area contributed by atoms with Crippen LogP contribution in [0.1, 0.15) is 6.92 Å². The maximum atomic E-state index is 11.7. The molecule has 0 aromatic heterocycles. The Labute approximate surface area is 109 Å². The van der Waals surface area contributed by atoms with Gasteiger partial charge in [0.15, 0.2) is 0 Å². The standard InChI is InChI=1S/C12H12INO2/c1-2-16-12(15)14(10-6-9-13)11-7-4-3-5-8-11/h3-5,7-8H,2,10H2,1H3. The SMILES string of the molecule is CCOC(=O)N(CC#CI)c1ccccc1. The van der Waals surface area contributed by atoms with Crippen molar-refractivity contribution in [2.24, 2.45) is 0 Å². The number of hydrogen-bond donors (Lipinski definition) is 0. The number of carbonyl (C=O) groups excluding carboxylic acids is 1. The number of anilines is 1. The molecule has 0 aliphatic rings. The van der Waals surface area contributed by atoms with E-state index in [-0.39, 0.29) is 6.09 Å². The Morgan fingerprint density at radius 1 is 1.44 bits per heavy atom.